The Kier molecular flexibility index (Phi) is 5.37. The minimum absolute atomic E-state index is 0.0928. The van der Waals surface area contributed by atoms with Gasteiger partial charge in [-0.2, -0.15) is 0 Å². The van der Waals surface area contributed by atoms with Crippen LogP contribution in [0.2, 0.25) is 0 Å². The number of rotatable bonds is 5. The van der Waals surface area contributed by atoms with Crippen LogP contribution in [-0.4, -0.2) is 22.6 Å². The zero-order chi connectivity index (χ0) is 21.3. The van der Waals surface area contributed by atoms with Crippen LogP contribution in [0.25, 0.3) is 20.7 Å². The van der Waals surface area contributed by atoms with E-state index in [9.17, 15) is 9.59 Å². The van der Waals surface area contributed by atoms with Crippen molar-refractivity contribution in [1.82, 2.24) is 9.55 Å². The predicted molar refractivity (Wildman–Crippen MR) is 120 cm³/mol. The molecule has 30 heavy (non-hydrogen) atoms. The number of benzene rings is 2. The molecule has 0 aliphatic rings. The minimum atomic E-state index is -0.270. The van der Waals surface area contributed by atoms with Crippen molar-refractivity contribution in [2.75, 3.05) is 12.4 Å². The third-order valence-electron chi connectivity index (χ3n) is 4.98. The quantitative estimate of drug-likeness (QED) is 0.521. The number of ether oxygens (including phenoxy) is 1. The Balaban J connectivity index is 1.57. The number of amides is 1. The van der Waals surface area contributed by atoms with Gasteiger partial charge in [0.1, 0.15) is 17.0 Å². The number of anilines is 1. The van der Waals surface area contributed by atoms with Crippen LogP contribution in [0.1, 0.15) is 11.1 Å². The van der Waals surface area contributed by atoms with Crippen molar-refractivity contribution >= 4 is 33.1 Å². The van der Waals surface area contributed by atoms with E-state index in [0.717, 1.165) is 27.3 Å². The number of aromatic nitrogens is 2. The first-order valence-corrected chi connectivity index (χ1v) is 10.3. The third kappa shape index (κ3) is 3.97. The number of fused-ring (bicyclic) bond motifs is 1. The molecular weight excluding hydrogens is 398 g/mol. The largest absolute Gasteiger partial charge is 0.497 e. The van der Waals surface area contributed by atoms with Gasteiger partial charge in [-0.25, -0.2) is 4.98 Å². The molecule has 0 fully saturated rings. The smallest absolute Gasteiger partial charge is 0.271 e. The van der Waals surface area contributed by atoms with E-state index in [-0.39, 0.29) is 18.0 Å². The minimum Gasteiger partial charge on any atom is -0.497 e. The van der Waals surface area contributed by atoms with Gasteiger partial charge in [0.15, 0.2) is 0 Å². The molecule has 1 N–H and O–H groups in total. The van der Waals surface area contributed by atoms with E-state index in [1.165, 1.54) is 22.2 Å². The number of methoxy groups -OCH3 is 1. The predicted octanol–water partition coefficient (Wildman–Crippen LogP) is 4.39. The average molecular weight is 420 g/mol. The second kappa shape index (κ2) is 8.12. The van der Waals surface area contributed by atoms with E-state index < -0.39 is 0 Å². The fourth-order valence-electron chi connectivity index (χ4n) is 3.13. The highest BCUT2D eigenvalue weighted by molar-refractivity contribution is 7.22. The summed E-state index contributed by atoms with van der Waals surface area (Å²) in [6, 6.07) is 15.3. The molecule has 1 amide bonds. The van der Waals surface area contributed by atoms with Crippen molar-refractivity contribution in [2.24, 2.45) is 0 Å². The fraction of sp³-hybridized carbons (Fsp3) is 0.174. The highest BCUT2D eigenvalue weighted by Crippen LogP contribution is 2.31. The molecule has 2 aromatic heterocycles. The van der Waals surface area contributed by atoms with E-state index >= 15 is 0 Å². The van der Waals surface area contributed by atoms with Gasteiger partial charge in [-0.15, -0.1) is 11.3 Å². The lowest BCUT2D eigenvalue weighted by Gasteiger charge is -2.09. The lowest BCUT2D eigenvalue weighted by molar-refractivity contribution is -0.116. The highest BCUT2D eigenvalue weighted by atomic mass is 32.1. The van der Waals surface area contributed by atoms with Gasteiger partial charge in [0.05, 0.1) is 19.0 Å². The van der Waals surface area contributed by atoms with Gasteiger partial charge in [-0.05, 0) is 73.0 Å². The second-order valence-corrected chi connectivity index (χ2v) is 8.13. The Morgan fingerprint density at radius 1 is 1.10 bits per heavy atom. The van der Waals surface area contributed by atoms with Gasteiger partial charge < -0.3 is 10.1 Å². The maximum Gasteiger partial charge on any atom is 0.271 e. The normalized spacial score (nSPS) is 10.9. The van der Waals surface area contributed by atoms with Crippen molar-refractivity contribution in [1.29, 1.82) is 0 Å². The van der Waals surface area contributed by atoms with Gasteiger partial charge in [0, 0.05) is 10.6 Å². The van der Waals surface area contributed by atoms with E-state index in [1.54, 1.807) is 7.11 Å². The average Bonchev–Trinajstić information content (AvgIpc) is 3.18. The maximum absolute atomic E-state index is 12.9. The summed E-state index contributed by atoms with van der Waals surface area (Å²) in [6.45, 7) is 3.91. The summed E-state index contributed by atoms with van der Waals surface area (Å²) < 4.78 is 7.06. The molecule has 0 bridgehead atoms. The zero-order valence-corrected chi connectivity index (χ0v) is 17.7. The second-order valence-electron chi connectivity index (χ2n) is 7.08. The third-order valence-corrected chi connectivity index (χ3v) is 6.14. The zero-order valence-electron chi connectivity index (χ0n) is 16.9. The number of hydrogen-bond donors (Lipinski definition) is 1. The Bertz CT molecular complexity index is 1290. The SMILES string of the molecule is COc1ccc(-c2cc3ncn(CC(=O)Nc4ccc(C)c(C)c4)c(=O)c3s2)cc1. The van der Waals surface area contributed by atoms with E-state index in [4.69, 9.17) is 4.74 Å². The van der Waals surface area contributed by atoms with Gasteiger partial charge in [-0.1, -0.05) is 6.07 Å². The molecule has 0 saturated carbocycles. The van der Waals surface area contributed by atoms with Crippen molar-refractivity contribution in [3.05, 3.63) is 76.3 Å². The highest BCUT2D eigenvalue weighted by Gasteiger charge is 2.13. The molecule has 0 aliphatic heterocycles. The number of nitrogens with zero attached hydrogens (tertiary/aromatic N) is 2. The molecule has 2 aromatic carbocycles. The van der Waals surface area contributed by atoms with Crippen LogP contribution in [0.5, 0.6) is 5.75 Å². The van der Waals surface area contributed by atoms with Gasteiger partial charge in [-0.3, -0.25) is 14.2 Å². The summed E-state index contributed by atoms with van der Waals surface area (Å²) >= 11 is 1.37. The monoisotopic (exact) mass is 419 g/mol. The molecule has 0 saturated heterocycles. The lowest BCUT2D eigenvalue weighted by atomic mass is 10.1. The molecule has 0 spiro atoms. The van der Waals surface area contributed by atoms with Crippen LogP contribution >= 0.6 is 11.3 Å². The molecule has 0 unspecified atom stereocenters. The van der Waals surface area contributed by atoms with Crippen molar-refractivity contribution in [3.8, 4) is 16.2 Å². The van der Waals surface area contributed by atoms with Gasteiger partial charge in [0.25, 0.3) is 5.56 Å². The Labute approximate surface area is 177 Å². The summed E-state index contributed by atoms with van der Waals surface area (Å²) in [5.74, 6) is 0.503. The summed E-state index contributed by atoms with van der Waals surface area (Å²) in [5.41, 5.74) is 4.35. The molecule has 0 radical (unpaired) electrons. The number of carbonyl (C=O) groups is 1. The molecule has 6 nitrogen and oxygen atoms in total. The van der Waals surface area contributed by atoms with E-state index in [2.05, 4.69) is 10.3 Å². The van der Waals surface area contributed by atoms with Crippen LogP contribution in [0, 0.1) is 13.8 Å². The lowest BCUT2D eigenvalue weighted by Crippen LogP contribution is -2.27. The van der Waals surface area contributed by atoms with Crippen LogP contribution in [0.4, 0.5) is 5.69 Å². The standard InChI is InChI=1S/C23H21N3O3S/c1-14-4-7-17(10-15(14)2)25-21(27)12-26-13-24-19-11-20(30-22(19)23(26)28)16-5-8-18(29-3)9-6-16/h4-11,13H,12H2,1-3H3,(H,25,27). The molecule has 2 heterocycles. The Morgan fingerprint density at radius 3 is 2.57 bits per heavy atom. The van der Waals surface area contributed by atoms with Crippen LogP contribution < -0.4 is 15.6 Å². The first-order chi connectivity index (χ1) is 14.4. The Morgan fingerprint density at radius 2 is 1.87 bits per heavy atom. The molecule has 152 valence electrons. The van der Waals surface area contributed by atoms with Crippen molar-refractivity contribution in [3.63, 3.8) is 0 Å². The summed E-state index contributed by atoms with van der Waals surface area (Å²) in [7, 11) is 1.62. The summed E-state index contributed by atoms with van der Waals surface area (Å²) in [4.78, 5) is 30.7. The van der Waals surface area contributed by atoms with Crippen LogP contribution in [0.15, 0.2) is 59.7 Å². The first-order valence-electron chi connectivity index (χ1n) is 9.45. The van der Waals surface area contributed by atoms with Crippen molar-refractivity contribution in [2.45, 2.75) is 20.4 Å². The van der Waals surface area contributed by atoms with Gasteiger partial charge >= 0.3 is 0 Å². The van der Waals surface area contributed by atoms with E-state index in [0.29, 0.717) is 15.9 Å². The van der Waals surface area contributed by atoms with Crippen LogP contribution in [0.3, 0.4) is 0 Å². The maximum atomic E-state index is 12.9. The number of hydrogen-bond acceptors (Lipinski definition) is 5. The molecular formula is C23H21N3O3S. The molecule has 7 heteroatoms. The van der Waals surface area contributed by atoms with Crippen molar-refractivity contribution < 1.29 is 9.53 Å². The van der Waals surface area contributed by atoms with Crippen LogP contribution in [-0.2, 0) is 11.3 Å². The Hall–Kier alpha value is -3.45. The molecule has 4 aromatic rings. The topological polar surface area (TPSA) is 73.2 Å². The number of aryl methyl sites for hydroxylation is 2. The molecule has 4 rings (SSSR count). The summed E-state index contributed by atoms with van der Waals surface area (Å²) in [6.07, 6.45) is 1.43. The fourth-order valence-corrected chi connectivity index (χ4v) is 4.20. The summed E-state index contributed by atoms with van der Waals surface area (Å²) in [5, 5.41) is 2.84. The molecule has 0 atom stereocenters. The number of carbonyl (C=O) groups excluding carboxylic acids is 1. The van der Waals surface area contributed by atoms with Gasteiger partial charge in [0.2, 0.25) is 5.91 Å². The number of thiophene rings is 1. The van der Waals surface area contributed by atoms with E-state index in [1.807, 2.05) is 62.4 Å². The first kappa shape index (κ1) is 19.8. The molecule has 0 aliphatic carbocycles. The number of nitrogens with one attached hydrogen (secondary N) is 1.